The molecule has 10 nitrogen and oxygen atoms in total. The molecule has 2 amide bonds. The van der Waals surface area contributed by atoms with E-state index in [0.717, 1.165) is 17.4 Å². The van der Waals surface area contributed by atoms with E-state index in [1.54, 1.807) is 6.07 Å². The highest BCUT2D eigenvalue weighted by molar-refractivity contribution is 6.19. The molecule has 1 unspecified atom stereocenters. The van der Waals surface area contributed by atoms with Crippen LogP contribution in [-0.4, -0.2) is 66.3 Å². The second-order valence-electron chi connectivity index (χ2n) is 9.56. The number of aromatic amines is 1. The van der Waals surface area contributed by atoms with Crippen molar-refractivity contribution in [1.82, 2.24) is 9.88 Å². The monoisotopic (exact) mass is 535 g/mol. The SMILES string of the molecule is CN(C)CCOc1ccc2[nH]c(C(=O)N3CC(CCl)c4c3cc([N+](=O)[O-])c3ccc(C(N)=O)cc43)cc2c1. The molecule has 11 heteroatoms. The maximum absolute atomic E-state index is 13.7. The van der Waals surface area contributed by atoms with Gasteiger partial charge in [-0.1, -0.05) is 0 Å². The summed E-state index contributed by atoms with van der Waals surface area (Å²) in [5, 5.41) is 13.6. The van der Waals surface area contributed by atoms with Gasteiger partial charge in [-0.05, 0) is 67.5 Å². The van der Waals surface area contributed by atoms with E-state index in [9.17, 15) is 19.7 Å². The predicted molar refractivity (Wildman–Crippen MR) is 147 cm³/mol. The highest BCUT2D eigenvalue weighted by Gasteiger charge is 2.37. The number of halogens is 1. The fraction of sp³-hybridized carbons (Fsp3) is 0.259. The number of likely N-dealkylation sites (N-methyl/N-ethyl adjacent to an activating group) is 1. The molecule has 0 saturated carbocycles. The van der Waals surface area contributed by atoms with Gasteiger partial charge in [-0.2, -0.15) is 0 Å². The van der Waals surface area contributed by atoms with Gasteiger partial charge in [0.15, 0.2) is 0 Å². The maximum atomic E-state index is 13.7. The summed E-state index contributed by atoms with van der Waals surface area (Å²) in [7, 11) is 3.94. The van der Waals surface area contributed by atoms with Crippen LogP contribution >= 0.6 is 11.6 Å². The molecular weight excluding hydrogens is 510 g/mol. The number of alkyl halides is 1. The number of aromatic nitrogens is 1. The van der Waals surface area contributed by atoms with Gasteiger partial charge >= 0.3 is 0 Å². The number of non-ortho nitro benzene ring substituents is 1. The third kappa shape index (κ3) is 4.52. The summed E-state index contributed by atoms with van der Waals surface area (Å²) in [6, 6.07) is 13.2. The number of amides is 2. The minimum atomic E-state index is -0.649. The lowest BCUT2D eigenvalue weighted by Gasteiger charge is -2.17. The van der Waals surface area contributed by atoms with Crippen molar-refractivity contribution in [3.63, 3.8) is 0 Å². The van der Waals surface area contributed by atoms with E-state index in [1.807, 2.05) is 37.2 Å². The van der Waals surface area contributed by atoms with Crippen molar-refractivity contribution in [2.45, 2.75) is 5.92 Å². The van der Waals surface area contributed by atoms with Gasteiger partial charge in [0.1, 0.15) is 18.1 Å². The molecule has 0 aliphatic carbocycles. The van der Waals surface area contributed by atoms with Crippen LogP contribution in [0.1, 0.15) is 32.3 Å². The summed E-state index contributed by atoms with van der Waals surface area (Å²) in [5.74, 6) is -0.403. The number of hydrogen-bond acceptors (Lipinski definition) is 6. The zero-order valence-corrected chi connectivity index (χ0v) is 21.6. The third-order valence-electron chi connectivity index (χ3n) is 6.78. The van der Waals surface area contributed by atoms with Gasteiger partial charge in [0.2, 0.25) is 5.91 Å². The molecule has 1 aromatic heterocycles. The van der Waals surface area contributed by atoms with Crippen molar-refractivity contribution in [2.75, 3.05) is 44.6 Å². The molecule has 0 spiro atoms. The van der Waals surface area contributed by atoms with Crippen LogP contribution in [-0.2, 0) is 0 Å². The minimum Gasteiger partial charge on any atom is -0.492 e. The van der Waals surface area contributed by atoms with Crippen molar-refractivity contribution in [2.24, 2.45) is 5.73 Å². The fourth-order valence-corrected chi connectivity index (χ4v) is 5.16. The number of primary amides is 1. The summed E-state index contributed by atoms with van der Waals surface area (Å²) >= 11 is 6.31. The number of carbonyl (C=O) groups is 2. The number of nitrogens with zero attached hydrogens (tertiary/aromatic N) is 3. The number of ether oxygens (including phenoxy) is 1. The lowest BCUT2D eigenvalue weighted by Crippen LogP contribution is -2.30. The Morgan fingerprint density at radius 3 is 2.66 bits per heavy atom. The van der Waals surface area contributed by atoms with Gasteiger partial charge in [-0.15, -0.1) is 11.6 Å². The maximum Gasteiger partial charge on any atom is 0.279 e. The van der Waals surface area contributed by atoms with Crippen LogP contribution in [0.25, 0.3) is 21.7 Å². The van der Waals surface area contributed by atoms with Crippen LogP contribution in [0.5, 0.6) is 5.75 Å². The zero-order valence-electron chi connectivity index (χ0n) is 20.9. The smallest absolute Gasteiger partial charge is 0.279 e. The molecule has 196 valence electrons. The number of rotatable bonds is 8. The Morgan fingerprint density at radius 1 is 1.18 bits per heavy atom. The fourth-order valence-electron chi connectivity index (χ4n) is 4.91. The number of benzene rings is 3. The minimum absolute atomic E-state index is 0.168. The van der Waals surface area contributed by atoms with Crippen LogP contribution < -0.4 is 15.4 Å². The molecule has 0 radical (unpaired) electrons. The molecule has 2 heterocycles. The molecule has 1 aliphatic heterocycles. The highest BCUT2D eigenvalue weighted by Crippen LogP contribution is 2.46. The number of hydrogen-bond donors (Lipinski definition) is 2. The lowest BCUT2D eigenvalue weighted by atomic mass is 9.93. The quantitative estimate of drug-likeness (QED) is 0.197. The molecule has 1 aliphatic rings. The number of fused-ring (bicyclic) bond motifs is 4. The number of nitro groups is 1. The van der Waals surface area contributed by atoms with Crippen LogP contribution in [0.4, 0.5) is 11.4 Å². The van der Waals surface area contributed by atoms with Crippen molar-refractivity contribution >= 4 is 56.5 Å². The molecular formula is C27H26ClN5O5. The Hall–Kier alpha value is -4.15. The normalized spacial score (nSPS) is 14.8. The van der Waals surface area contributed by atoms with Crippen LogP contribution in [0.3, 0.4) is 0 Å². The largest absolute Gasteiger partial charge is 0.492 e. The van der Waals surface area contributed by atoms with Gasteiger partial charge in [0.05, 0.1) is 16.0 Å². The first-order chi connectivity index (χ1) is 18.2. The van der Waals surface area contributed by atoms with Crippen molar-refractivity contribution in [3.8, 4) is 5.75 Å². The zero-order chi connectivity index (χ0) is 27.1. The number of anilines is 1. The summed E-state index contributed by atoms with van der Waals surface area (Å²) in [4.78, 5) is 43.7. The van der Waals surface area contributed by atoms with Gasteiger partial charge in [-0.3, -0.25) is 19.7 Å². The molecule has 5 rings (SSSR count). The molecule has 0 saturated heterocycles. The summed E-state index contributed by atoms with van der Waals surface area (Å²) in [5.41, 5.74) is 7.70. The Labute approximate surface area is 223 Å². The lowest BCUT2D eigenvalue weighted by molar-refractivity contribution is -0.383. The molecule has 4 aromatic rings. The average molecular weight is 536 g/mol. The van der Waals surface area contributed by atoms with E-state index < -0.39 is 10.8 Å². The number of carbonyl (C=O) groups excluding carboxylic acids is 2. The molecule has 3 N–H and O–H groups in total. The molecule has 1 atom stereocenters. The van der Waals surface area contributed by atoms with Crippen molar-refractivity contribution in [3.05, 3.63) is 75.5 Å². The van der Waals surface area contributed by atoms with E-state index in [4.69, 9.17) is 22.1 Å². The summed E-state index contributed by atoms with van der Waals surface area (Å²) < 4.78 is 5.81. The van der Waals surface area contributed by atoms with Gasteiger partial charge in [-0.25, -0.2) is 0 Å². The van der Waals surface area contributed by atoms with Crippen LogP contribution in [0, 0.1) is 10.1 Å². The first kappa shape index (κ1) is 25.5. The summed E-state index contributed by atoms with van der Waals surface area (Å²) in [6.07, 6.45) is 0. The van der Waals surface area contributed by atoms with E-state index in [-0.39, 0.29) is 35.5 Å². The Bertz CT molecular complexity index is 1600. The number of nitrogens with one attached hydrogen (secondary N) is 1. The van der Waals surface area contributed by atoms with Gasteiger partial charge in [0, 0.05) is 47.4 Å². The third-order valence-corrected chi connectivity index (χ3v) is 7.15. The summed E-state index contributed by atoms with van der Waals surface area (Å²) in [6.45, 7) is 1.54. The second-order valence-corrected chi connectivity index (χ2v) is 9.87. The first-order valence-electron chi connectivity index (χ1n) is 12.0. The predicted octanol–water partition coefficient (Wildman–Crippen LogP) is 4.25. The molecule has 0 bridgehead atoms. The number of nitrogens with two attached hydrogens (primary N) is 1. The molecule has 3 aromatic carbocycles. The molecule has 38 heavy (non-hydrogen) atoms. The molecule has 0 fully saturated rings. The van der Waals surface area contributed by atoms with Crippen LogP contribution in [0.2, 0.25) is 0 Å². The Morgan fingerprint density at radius 2 is 1.97 bits per heavy atom. The van der Waals surface area contributed by atoms with Crippen LogP contribution in [0.15, 0.2) is 48.5 Å². The Balaban J connectivity index is 1.56. The van der Waals surface area contributed by atoms with Gasteiger partial charge < -0.3 is 25.3 Å². The topological polar surface area (TPSA) is 135 Å². The van der Waals surface area contributed by atoms with Gasteiger partial charge in [0.25, 0.3) is 11.6 Å². The number of nitro benzene ring substituents is 1. The van der Waals surface area contributed by atoms with E-state index in [2.05, 4.69) is 4.98 Å². The highest BCUT2D eigenvalue weighted by atomic mass is 35.5. The second kappa shape index (κ2) is 9.96. The average Bonchev–Trinajstić information content (AvgIpc) is 3.48. The van der Waals surface area contributed by atoms with E-state index >= 15 is 0 Å². The van der Waals surface area contributed by atoms with Crippen molar-refractivity contribution < 1.29 is 19.2 Å². The van der Waals surface area contributed by atoms with Crippen molar-refractivity contribution in [1.29, 1.82) is 0 Å². The Kier molecular flexibility index (Phi) is 6.68. The number of H-pyrrole nitrogens is 1. The standard InChI is InChI=1S/C27H26ClN5O5/c1-31(2)7-8-38-18-4-6-21-16(9-18)11-22(30-21)27(35)32-14-17(13-28)25-20-10-15(26(29)34)3-5-19(20)23(33(36)37)12-24(25)32/h3-6,9-12,17,30H,7-8,13-14H2,1-2H3,(H2,29,34). The van der Waals surface area contributed by atoms with E-state index in [0.29, 0.717) is 40.1 Å². The van der Waals surface area contributed by atoms with E-state index in [1.165, 1.54) is 29.2 Å². The first-order valence-corrected chi connectivity index (χ1v) is 12.5.